The maximum absolute atomic E-state index is 8.88. The number of rotatable bonds is 29. The second-order valence-corrected chi connectivity index (χ2v) is 11.3. The minimum absolute atomic E-state index is 0. The normalized spacial score (nSPS) is 9.04. The number of hydrogen-bond donors (Lipinski definition) is 2. The summed E-state index contributed by atoms with van der Waals surface area (Å²) in [5.74, 6) is 0. The van der Waals surface area contributed by atoms with Crippen molar-refractivity contribution in [2.24, 2.45) is 9.98 Å². The van der Waals surface area contributed by atoms with E-state index < -0.39 is 0 Å². The average Bonchev–Trinajstić information content (AvgIpc) is 3.06. The largest absolute Gasteiger partial charge is 0.431 e. The van der Waals surface area contributed by atoms with E-state index in [0.717, 1.165) is 12.8 Å². The monoisotopic (exact) mass is 730 g/mol. The van der Waals surface area contributed by atoms with Crippen LogP contribution < -0.4 is 0 Å². The molecule has 0 unspecified atom stereocenters. The van der Waals surface area contributed by atoms with Gasteiger partial charge in [0.2, 0.25) is 12.2 Å². The van der Waals surface area contributed by atoms with Gasteiger partial charge < -0.3 is 14.9 Å². The van der Waals surface area contributed by atoms with Crippen molar-refractivity contribution in [3.63, 3.8) is 0 Å². The third kappa shape index (κ3) is 79.0. The summed E-state index contributed by atoms with van der Waals surface area (Å²) in [6.45, 7) is 0.741. The molecule has 0 atom stereocenters. The molecule has 0 aliphatic rings. The molecule has 271 valence electrons. The molecule has 0 bridgehead atoms. The Morgan fingerprint density at radius 3 is 0.630 bits per heavy atom. The Bertz CT molecular complexity index is 577. The van der Waals surface area contributed by atoms with Crippen molar-refractivity contribution in [1.82, 2.24) is 0 Å². The van der Waals surface area contributed by atoms with Crippen molar-refractivity contribution >= 4 is 12.2 Å². The van der Waals surface area contributed by atoms with E-state index in [4.69, 9.17) is 25.1 Å². The number of aliphatic hydroxyl groups excluding tert-OH is 2. The third-order valence-electron chi connectivity index (χ3n) is 7.34. The van der Waals surface area contributed by atoms with Crippen molar-refractivity contribution in [1.29, 1.82) is 5.26 Å². The molecule has 46 heavy (non-hydrogen) atoms. The number of isocyanates is 2. The third-order valence-corrected chi connectivity index (χ3v) is 7.34. The summed E-state index contributed by atoms with van der Waals surface area (Å²) in [5.41, 5.74) is 0. The van der Waals surface area contributed by atoms with Gasteiger partial charge in [0, 0.05) is 60.0 Å². The van der Waals surface area contributed by atoms with Gasteiger partial charge in [-0.3, -0.25) is 0 Å². The molecular formula is C37H75N3O5Y. The Kier molecular flexibility index (Phi) is 82.9. The van der Waals surface area contributed by atoms with Gasteiger partial charge in [0.1, 0.15) is 0 Å². The van der Waals surface area contributed by atoms with Crippen LogP contribution in [0.5, 0.6) is 0 Å². The zero-order valence-electron chi connectivity index (χ0n) is 29.8. The molecule has 0 fully saturated rings. The van der Waals surface area contributed by atoms with Gasteiger partial charge in [0.15, 0.2) is 0 Å². The minimum Gasteiger partial charge on any atom is -0.431 e. The smallest absolute Gasteiger partial charge is 0.286 e. The maximum Gasteiger partial charge on any atom is 0.286 e. The quantitative estimate of drug-likeness (QED) is 0.0341. The number of methoxy groups -OCH3 is 1. The van der Waals surface area contributed by atoms with Crippen molar-refractivity contribution < 1.29 is 57.2 Å². The van der Waals surface area contributed by atoms with Crippen LogP contribution in [0.2, 0.25) is 0 Å². The number of nitriles is 1. The predicted octanol–water partition coefficient (Wildman–Crippen LogP) is 10.5. The van der Waals surface area contributed by atoms with Crippen LogP contribution in [0.1, 0.15) is 187 Å². The van der Waals surface area contributed by atoms with Crippen LogP contribution >= 0.6 is 0 Å². The van der Waals surface area contributed by atoms with Gasteiger partial charge in [0.05, 0.1) is 7.11 Å². The first-order valence-corrected chi connectivity index (χ1v) is 17.7. The number of aliphatic imine (C=N–C) groups is 2. The average molecular weight is 731 g/mol. The molecule has 0 aromatic rings. The Morgan fingerprint density at radius 2 is 0.565 bits per heavy atom. The Morgan fingerprint density at radius 1 is 0.457 bits per heavy atom. The molecule has 0 heterocycles. The fourth-order valence-corrected chi connectivity index (χ4v) is 4.82. The van der Waals surface area contributed by atoms with Crippen molar-refractivity contribution in [2.75, 3.05) is 34.4 Å². The molecule has 0 spiro atoms. The molecule has 0 saturated carbocycles. The van der Waals surface area contributed by atoms with Crippen molar-refractivity contribution in [3.8, 4) is 6.26 Å². The molecule has 0 aliphatic carbocycles. The molecule has 8 nitrogen and oxygen atoms in total. The van der Waals surface area contributed by atoms with Crippen LogP contribution in [0.25, 0.3) is 0 Å². The van der Waals surface area contributed by atoms with Crippen LogP contribution in [-0.2, 0) is 47.0 Å². The number of hydrogen-bond acceptors (Lipinski definition) is 8. The molecule has 1 radical (unpaired) electrons. The predicted molar refractivity (Wildman–Crippen MR) is 191 cm³/mol. The zero-order valence-corrected chi connectivity index (χ0v) is 32.6. The number of aliphatic hydroxyl groups is 2. The van der Waals surface area contributed by atoms with Crippen molar-refractivity contribution in [2.45, 2.75) is 187 Å². The summed E-state index contributed by atoms with van der Waals surface area (Å²) in [6.07, 6.45) is 42.8. The van der Waals surface area contributed by atoms with Crippen LogP contribution in [0.3, 0.4) is 0 Å². The van der Waals surface area contributed by atoms with E-state index in [1.54, 1.807) is 0 Å². The molecule has 0 aromatic carbocycles. The first-order chi connectivity index (χ1) is 21.7. The first kappa shape index (κ1) is 57.3. The van der Waals surface area contributed by atoms with Crippen LogP contribution in [0, 0.1) is 11.5 Å². The van der Waals surface area contributed by atoms with E-state index in [9.17, 15) is 0 Å². The minimum atomic E-state index is 0. The molecule has 0 aliphatic heterocycles. The van der Waals surface area contributed by atoms with Gasteiger partial charge in [-0.25, -0.2) is 19.6 Å². The fraction of sp³-hybridized carbons (Fsp3) is 0.919. The van der Waals surface area contributed by atoms with Crippen molar-refractivity contribution in [3.05, 3.63) is 0 Å². The van der Waals surface area contributed by atoms with Gasteiger partial charge in [-0.2, -0.15) is 5.26 Å². The standard InChI is InChI=1S/C30H62O2.3C2H3NO.CH4.Y/c31-29-27-25-23-21-19-17-15-13-11-9-7-5-3-1-2-4-6-8-10-12-14-16-18-20-22-24-26-28-30-32;1-4-2-3;2*1-3-2-4;;/h31-32H,1-30H2;3*1H3;1H4;. The Labute approximate surface area is 310 Å². The molecule has 0 saturated heterocycles. The fourth-order valence-electron chi connectivity index (χ4n) is 4.82. The number of ether oxygens (including phenoxy) is 1. The summed E-state index contributed by atoms with van der Waals surface area (Å²) in [7, 11) is 4.08. The van der Waals surface area contributed by atoms with E-state index in [0.29, 0.717) is 13.2 Å². The Balaban J connectivity index is -0.000000243. The van der Waals surface area contributed by atoms with Gasteiger partial charge in [0.25, 0.3) is 6.26 Å². The zero-order chi connectivity index (χ0) is 33.5. The number of nitrogens with zero attached hydrogens (tertiary/aromatic N) is 3. The molecule has 0 rings (SSSR count). The number of unbranched alkanes of at least 4 members (excludes halogenated alkanes) is 27. The second-order valence-electron chi connectivity index (χ2n) is 11.3. The molecule has 2 N–H and O–H groups in total. The summed E-state index contributed by atoms with van der Waals surface area (Å²) in [6, 6.07) is 0. The van der Waals surface area contributed by atoms with Gasteiger partial charge >= 0.3 is 0 Å². The SMILES string of the molecule is C.CN=C=O.CN=C=O.COC#N.OCCCCCCCCCCCCCCCCCCCCCCCCCCCCCCO.[Y]. The summed E-state index contributed by atoms with van der Waals surface area (Å²) < 4.78 is 3.85. The Hall–Kier alpha value is -0.926. The van der Waals surface area contributed by atoms with Gasteiger partial charge in [-0.05, 0) is 12.8 Å². The van der Waals surface area contributed by atoms with E-state index in [-0.39, 0.29) is 40.1 Å². The molecule has 9 heteroatoms. The van der Waals surface area contributed by atoms with E-state index in [2.05, 4.69) is 14.7 Å². The topological polar surface area (TPSA) is 132 Å². The van der Waals surface area contributed by atoms with E-state index in [1.807, 2.05) is 0 Å². The summed E-state index contributed by atoms with van der Waals surface area (Å²) >= 11 is 0. The second kappa shape index (κ2) is 66.5. The summed E-state index contributed by atoms with van der Waals surface area (Å²) in [5, 5.41) is 24.9. The number of carbonyl (C=O) groups excluding carboxylic acids is 2. The van der Waals surface area contributed by atoms with Gasteiger partial charge in [-0.15, -0.1) is 0 Å². The van der Waals surface area contributed by atoms with E-state index in [1.165, 1.54) is 207 Å². The van der Waals surface area contributed by atoms with E-state index >= 15 is 0 Å². The summed E-state index contributed by atoms with van der Waals surface area (Å²) in [4.78, 5) is 23.6. The van der Waals surface area contributed by atoms with Crippen LogP contribution in [0.4, 0.5) is 0 Å². The first-order valence-electron chi connectivity index (χ1n) is 17.7. The van der Waals surface area contributed by atoms with Crippen LogP contribution in [-0.4, -0.2) is 56.8 Å². The molecular weight excluding hydrogens is 655 g/mol. The molecule has 0 amide bonds. The van der Waals surface area contributed by atoms with Crippen LogP contribution in [0.15, 0.2) is 9.98 Å². The molecule has 0 aromatic heterocycles. The van der Waals surface area contributed by atoms with Gasteiger partial charge in [-0.1, -0.05) is 174 Å². The maximum atomic E-state index is 8.88.